The molecule has 10 heteroatoms. The Bertz CT molecular complexity index is 1160. The normalized spacial score (nSPS) is 11.7. The molecule has 0 aliphatic carbocycles. The molecule has 0 aliphatic rings. The number of benzene rings is 3. The predicted octanol–water partition coefficient (Wildman–Crippen LogP) is 8.38. The number of halogens is 7. The summed E-state index contributed by atoms with van der Waals surface area (Å²) in [6.45, 7) is -1.32. The van der Waals surface area contributed by atoms with Crippen LogP contribution in [0.25, 0.3) is 11.1 Å². The van der Waals surface area contributed by atoms with Gasteiger partial charge in [-0.3, -0.25) is 5.11 Å². The summed E-state index contributed by atoms with van der Waals surface area (Å²) in [5.41, 5.74) is -1.78. The molecule has 187 valence electrons. The van der Waals surface area contributed by atoms with E-state index in [1.165, 1.54) is 12.1 Å². The third-order valence-corrected chi connectivity index (χ3v) is 5.15. The molecule has 0 amide bonds. The molecular formula is C25H20F7O3. The molecule has 0 heterocycles. The first kappa shape index (κ1) is 26.2. The molecule has 0 spiro atoms. The molecule has 35 heavy (non-hydrogen) atoms. The summed E-state index contributed by atoms with van der Waals surface area (Å²) >= 11 is 0. The van der Waals surface area contributed by atoms with E-state index in [-0.39, 0.29) is 11.6 Å². The second-order valence-electron chi connectivity index (χ2n) is 7.66. The summed E-state index contributed by atoms with van der Waals surface area (Å²) in [5.74, 6) is -8.18. The zero-order valence-corrected chi connectivity index (χ0v) is 18.4. The highest BCUT2D eigenvalue weighted by Crippen LogP contribution is 2.42. The minimum absolute atomic E-state index is 0.0386. The lowest BCUT2D eigenvalue weighted by Crippen LogP contribution is -2.25. The Hall–Kier alpha value is -3.43. The molecule has 0 bridgehead atoms. The van der Waals surface area contributed by atoms with E-state index in [2.05, 4.69) is 9.47 Å². The van der Waals surface area contributed by atoms with Gasteiger partial charge < -0.3 is 9.47 Å². The molecule has 3 nitrogen and oxygen atoms in total. The van der Waals surface area contributed by atoms with Gasteiger partial charge in [-0.1, -0.05) is 44.0 Å². The number of aryl methyl sites for hydroxylation is 1. The Morgan fingerprint density at radius 3 is 2.20 bits per heavy atom. The predicted molar refractivity (Wildman–Crippen MR) is 113 cm³/mol. The zero-order chi connectivity index (χ0) is 25.8. The summed E-state index contributed by atoms with van der Waals surface area (Å²) in [4.78, 5) is 0. The number of hydrogen-bond donors (Lipinski definition) is 0. The number of hydrogen-bond acceptors (Lipinski definition) is 2. The van der Waals surface area contributed by atoms with Crippen molar-refractivity contribution in [2.45, 2.75) is 45.3 Å². The molecule has 0 fully saturated rings. The van der Waals surface area contributed by atoms with Gasteiger partial charge in [-0.05, 0) is 36.1 Å². The zero-order valence-electron chi connectivity index (χ0n) is 18.4. The lowest BCUT2D eigenvalue weighted by atomic mass is 9.97. The molecule has 0 unspecified atom stereocenters. The molecule has 0 N–H and O–H groups in total. The number of rotatable bonds is 10. The van der Waals surface area contributed by atoms with Crippen molar-refractivity contribution in [3.05, 3.63) is 77.1 Å². The van der Waals surface area contributed by atoms with Crippen molar-refractivity contribution in [3.63, 3.8) is 0 Å². The molecule has 0 saturated carbocycles. The van der Waals surface area contributed by atoms with Crippen LogP contribution in [0.3, 0.4) is 0 Å². The second kappa shape index (κ2) is 10.9. The molecule has 3 aromatic rings. The fourth-order valence-corrected chi connectivity index (χ4v) is 3.49. The van der Waals surface area contributed by atoms with E-state index in [0.29, 0.717) is 18.2 Å². The van der Waals surface area contributed by atoms with Gasteiger partial charge in [0.15, 0.2) is 23.1 Å². The summed E-state index contributed by atoms with van der Waals surface area (Å²) in [5, 5.41) is 12.3. The highest BCUT2D eigenvalue weighted by atomic mass is 19.3. The van der Waals surface area contributed by atoms with Crippen LogP contribution in [0.4, 0.5) is 30.7 Å². The Morgan fingerprint density at radius 2 is 1.60 bits per heavy atom. The lowest BCUT2D eigenvalue weighted by Gasteiger charge is -2.21. The van der Waals surface area contributed by atoms with Gasteiger partial charge in [0.1, 0.15) is 17.1 Å². The van der Waals surface area contributed by atoms with Crippen LogP contribution in [0.1, 0.15) is 37.3 Å². The van der Waals surface area contributed by atoms with Crippen LogP contribution in [-0.2, 0) is 17.6 Å². The molecule has 0 atom stereocenters. The Balaban J connectivity index is 1.93. The van der Waals surface area contributed by atoms with E-state index in [0.717, 1.165) is 31.2 Å². The lowest BCUT2D eigenvalue weighted by molar-refractivity contribution is -0.189. The molecule has 3 aromatic carbocycles. The number of unbranched alkanes of at least 4 members (excludes halogenated alkanes) is 2. The monoisotopic (exact) mass is 501 g/mol. The van der Waals surface area contributed by atoms with Crippen molar-refractivity contribution in [2.24, 2.45) is 0 Å². The number of alkyl halides is 4. The van der Waals surface area contributed by atoms with E-state index >= 15 is 4.39 Å². The maximum Gasteiger partial charge on any atom is 0.432 e. The Kier molecular flexibility index (Phi) is 8.14. The van der Waals surface area contributed by atoms with Crippen LogP contribution in [0, 0.1) is 17.5 Å². The largest absolute Gasteiger partial charge is 0.432 e. The molecule has 0 aromatic heterocycles. The van der Waals surface area contributed by atoms with Crippen molar-refractivity contribution >= 4 is 0 Å². The molecule has 1 radical (unpaired) electrons. The first-order chi connectivity index (χ1) is 16.5. The van der Waals surface area contributed by atoms with E-state index in [4.69, 9.17) is 0 Å². The Morgan fingerprint density at radius 1 is 0.914 bits per heavy atom. The number of ether oxygens (including phenoxy) is 2. The van der Waals surface area contributed by atoms with Crippen LogP contribution >= 0.6 is 0 Å². The highest BCUT2D eigenvalue weighted by molar-refractivity contribution is 5.72. The maximum absolute atomic E-state index is 15.1. The van der Waals surface area contributed by atoms with Crippen LogP contribution < -0.4 is 9.47 Å². The molecule has 0 aliphatic heterocycles. The first-order valence-corrected chi connectivity index (χ1v) is 10.6. The van der Waals surface area contributed by atoms with Crippen molar-refractivity contribution in [3.8, 4) is 28.4 Å². The quantitative estimate of drug-likeness (QED) is 0.207. The van der Waals surface area contributed by atoms with Gasteiger partial charge in [0.25, 0.3) is 0 Å². The SMILES string of the molecule is CCCCCc1ccc(-c2c([O])cc(F)c(C(F)(F)Oc3ccc(OC(F)F)c(F)c3)c2F)cc1. The first-order valence-electron chi connectivity index (χ1n) is 10.6. The molecule has 0 saturated heterocycles. The third kappa shape index (κ3) is 6.17. The standard InChI is InChI=1S/C25H20F7O3/c1-2-3-4-5-14-6-8-15(9-7-14)21-19(33)13-18(27)22(23(21)28)25(31,32)35-16-10-11-20(17(26)12-16)34-24(29)30/h6-13,24H,2-5H2,1H3. The maximum atomic E-state index is 15.1. The second-order valence-corrected chi connectivity index (χ2v) is 7.66. The van der Waals surface area contributed by atoms with Crippen molar-refractivity contribution < 1.29 is 45.3 Å². The third-order valence-electron chi connectivity index (χ3n) is 5.15. The fourth-order valence-electron chi connectivity index (χ4n) is 3.49. The smallest absolute Gasteiger partial charge is 0.432 e. The highest BCUT2D eigenvalue weighted by Gasteiger charge is 2.43. The van der Waals surface area contributed by atoms with E-state index in [1.807, 2.05) is 6.92 Å². The van der Waals surface area contributed by atoms with Crippen LogP contribution in [-0.4, -0.2) is 6.61 Å². The van der Waals surface area contributed by atoms with Crippen LogP contribution in [0.15, 0.2) is 48.5 Å². The van der Waals surface area contributed by atoms with Crippen LogP contribution in [0.2, 0.25) is 0 Å². The topological polar surface area (TPSA) is 38.4 Å². The van der Waals surface area contributed by atoms with E-state index in [1.54, 1.807) is 12.1 Å². The van der Waals surface area contributed by atoms with Gasteiger partial charge in [0, 0.05) is 12.1 Å². The molecule has 3 rings (SSSR count). The average molecular weight is 501 g/mol. The summed E-state index contributed by atoms with van der Waals surface area (Å²) < 4.78 is 106. The summed E-state index contributed by atoms with van der Waals surface area (Å²) in [7, 11) is 0. The van der Waals surface area contributed by atoms with Crippen LogP contribution in [0.5, 0.6) is 17.2 Å². The summed E-state index contributed by atoms with van der Waals surface area (Å²) in [6.07, 6.45) is -1.02. The van der Waals surface area contributed by atoms with Gasteiger partial charge >= 0.3 is 12.7 Å². The van der Waals surface area contributed by atoms with E-state index < -0.39 is 58.5 Å². The van der Waals surface area contributed by atoms with Crippen molar-refractivity contribution in [2.75, 3.05) is 0 Å². The van der Waals surface area contributed by atoms with Gasteiger partial charge in [0.2, 0.25) is 0 Å². The minimum atomic E-state index is -4.69. The van der Waals surface area contributed by atoms with E-state index in [9.17, 15) is 31.4 Å². The summed E-state index contributed by atoms with van der Waals surface area (Å²) in [6, 6.07) is 7.74. The minimum Gasteiger partial charge on any atom is -0.432 e. The Labute approximate surface area is 196 Å². The van der Waals surface area contributed by atoms with Crippen molar-refractivity contribution in [1.82, 2.24) is 0 Å². The van der Waals surface area contributed by atoms with Gasteiger partial charge in [-0.2, -0.15) is 17.6 Å². The van der Waals surface area contributed by atoms with Gasteiger partial charge in [0.05, 0.1) is 5.56 Å². The molecular weight excluding hydrogens is 481 g/mol. The fraction of sp³-hybridized carbons (Fsp3) is 0.280. The van der Waals surface area contributed by atoms with Gasteiger partial charge in [-0.25, -0.2) is 13.2 Å². The van der Waals surface area contributed by atoms with Crippen molar-refractivity contribution in [1.29, 1.82) is 0 Å². The van der Waals surface area contributed by atoms with Gasteiger partial charge in [-0.15, -0.1) is 0 Å². The average Bonchev–Trinajstić information content (AvgIpc) is 2.76.